The second-order valence-electron chi connectivity index (χ2n) is 5.74. The number of hydrogen-bond acceptors (Lipinski definition) is 2. The minimum Gasteiger partial charge on any atom is -0.314 e. The molecule has 1 N–H and O–H groups in total. The predicted octanol–water partition coefficient (Wildman–Crippen LogP) is 4.04. The summed E-state index contributed by atoms with van der Waals surface area (Å²) in [5.41, 5.74) is 1.60. The van der Waals surface area contributed by atoms with E-state index in [9.17, 15) is 0 Å². The third kappa shape index (κ3) is 2.92. The van der Waals surface area contributed by atoms with Crippen molar-refractivity contribution in [3.05, 3.63) is 29.8 Å². The van der Waals surface area contributed by atoms with Gasteiger partial charge >= 0.3 is 0 Å². The van der Waals surface area contributed by atoms with Gasteiger partial charge in [-0.05, 0) is 49.3 Å². The topological polar surface area (TPSA) is 12.0 Å². The summed E-state index contributed by atoms with van der Waals surface area (Å²) in [7, 11) is 0. The molecule has 3 rings (SSSR count). The van der Waals surface area contributed by atoms with E-state index in [2.05, 4.69) is 36.5 Å². The molecule has 2 unspecified atom stereocenters. The second kappa shape index (κ2) is 5.66. The molecule has 1 aliphatic heterocycles. The Morgan fingerprint density at radius 1 is 1.33 bits per heavy atom. The second-order valence-corrected chi connectivity index (χ2v) is 6.80. The summed E-state index contributed by atoms with van der Waals surface area (Å²) in [6.07, 6.45) is 5.47. The van der Waals surface area contributed by atoms with E-state index in [0.29, 0.717) is 0 Å². The smallest absolute Gasteiger partial charge is 0.0107 e. The molecule has 1 nitrogen and oxygen atoms in total. The Bertz CT molecular complexity index is 400. The van der Waals surface area contributed by atoms with Gasteiger partial charge in [0.1, 0.15) is 0 Å². The highest BCUT2D eigenvalue weighted by molar-refractivity contribution is 7.99. The van der Waals surface area contributed by atoms with Crippen LogP contribution in [0.2, 0.25) is 0 Å². The Morgan fingerprint density at radius 2 is 2.17 bits per heavy atom. The molecule has 0 saturated heterocycles. The molecule has 98 valence electrons. The van der Waals surface area contributed by atoms with Crippen LogP contribution in [0.25, 0.3) is 0 Å². The van der Waals surface area contributed by atoms with Gasteiger partial charge < -0.3 is 5.32 Å². The van der Waals surface area contributed by atoms with Crippen LogP contribution < -0.4 is 5.32 Å². The van der Waals surface area contributed by atoms with E-state index in [1.807, 2.05) is 11.8 Å². The summed E-state index contributed by atoms with van der Waals surface area (Å²) in [5, 5.41) is 3.70. The fourth-order valence-electron chi connectivity index (χ4n) is 2.84. The van der Waals surface area contributed by atoms with Crippen molar-refractivity contribution in [3.8, 4) is 0 Å². The van der Waals surface area contributed by atoms with Gasteiger partial charge in [0.05, 0.1) is 0 Å². The van der Waals surface area contributed by atoms with Crippen LogP contribution >= 0.6 is 11.8 Å². The molecule has 18 heavy (non-hydrogen) atoms. The summed E-state index contributed by atoms with van der Waals surface area (Å²) in [6, 6.07) is 9.83. The van der Waals surface area contributed by atoms with Crippen LogP contribution in [0.4, 0.5) is 0 Å². The molecule has 1 aromatic carbocycles. The molecule has 2 heteroatoms. The van der Waals surface area contributed by atoms with Crippen LogP contribution in [0.5, 0.6) is 0 Å². The predicted molar refractivity (Wildman–Crippen MR) is 79.3 cm³/mol. The van der Waals surface area contributed by atoms with Gasteiger partial charge in [0.2, 0.25) is 0 Å². The first-order valence-electron chi connectivity index (χ1n) is 7.32. The maximum atomic E-state index is 3.70. The lowest BCUT2D eigenvalue weighted by Crippen LogP contribution is -2.25. The number of fused-ring (bicyclic) bond motifs is 1. The molecule has 1 aromatic rings. The molecular weight excluding hydrogens is 238 g/mol. The van der Waals surface area contributed by atoms with E-state index in [-0.39, 0.29) is 0 Å². The lowest BCUT2D eigenvalue weighted by Gasteiger charge is -2.20. The first-order chi connectivity index (χ1) is 8.86. The van der Waals surface area contributed by atoms with E-state index in [1.165, 1.54) is 42.9 Å². The van der Waals surface area contributed by atoms with Crippen LogP contribution in [0.15, 0.2) is 29.2 Å². The van der Waals surface area contributed by atoms with Gasteiger partial charge in [-0.2, -0.15) is 0 Å². The van der Waals surface area contributed by atoms with Crippen molar-refractivity contribution in [2.45, 2.75) is 49.5 Å². The third-order valence-electron chi connectivity index (χ3n) is 4.27. The maximum absolute atomic E-state index is 3.70. The van der Waals surface area contributed by atoms with Crippen molar-refractivity contribution >= 4 is 11.8 Å². The first-order valence-corrected chi connectivity index (χ1v) is 8.30. The number of thioether (sulfide) groups is 1. The molecule has 0 spiro atoms. The number of hydrogen-bond donors (Lipinski definition) is 1. The van der Waals surface area contributed by atoms with Crippen LogP contribution in [0.1, 0.15) is 44.1 Å². The molecule has 1 fully saturated rings. The van der Waals surface area contributed by atoms with Gasteiger partial charge in [0.25, 0.3) is 0 Å². The van der Waals surface area contributed by atoms with Gasteiger partial charge in [-0.15, -0.1) is 11.8 Å². The lowest BCUT2D eigenvalue weighted by molar-refractivity contribution is 0.407. The van der Waals surface area contributed by atoms with Gasteiger partial charge in [0.15, 0.2) is 0 Å². The SMILES string of the molecule is CCC(CNC1CC1)CC1CSc2ccccc21. The zero-order valence-electron chi connectivity index (χ0n) is 11.2. The highest BCUT2D eigenvalue weighted by atomic mass is 32.2. The maximum Gasteiger partial charge on any atom is 0.0107 e. The molecular formula is C16H23NS. The molecule has 0 radical (unpaired) electrons. The average molecular weight is 261 g/mol. The van der Waals surface area contributed by atoms with E-state index < -0.39 is 0 Å². The summed E-state index contributed by atoms with van der Waals surface area (Å²) in [5.74, 6) is 2.93. The molecule has 0 amide bonds. The van der Waals surface area contributed by atoms with Crippen LogP contribution in [0, 0.1) is 5.92 Å². The zero-order valence-corrected chi connectivity index (χ0v) is 12.0. The van der Waals surface area contributed by atoms with Crippen LogP contribution in [-0.4, -0.2) is 18.3 Å². The summed E-state index contributed by atoms with van der Waals surface area (Å²) in [4.78, 5) is 1.52. The summed E-state index contributed by atoms with van der Waals surface area (Å²) < 4.78 is 0. The Balaban J connectivity index is 1.57. The molecule has 1 aliphatic carbocycles. The molecule has 2 atom stereocenters. The summed E-state index contributed by atoms with van der Waals surface area (Å²) >= 11 is 2.04. The highest BCUT2D eigenvalue weighted by Gasteiger charge is 2.26. The standard InChI is InChI=1S/C16H23NS/c1-2-12(10-17-14-7-8-14)9-13-11-18-16-6-4-3-5-15(13)16/h3-6,12-14,17H,2,7-11H2,1H3. The van der Waals surface area contributed by atoms with E-state index in [1.54, 1.807) is 5.56 Å². The molecule has 0 aromatic heterocycles. The van der Waals surface area contributed by atoms with Crippen molar-refractivity contribution < 1.29 is 0 Å². The van der Waals surface area contributed by atoms with Crippen LogP contribution in [-0.2, 0) is 0 Å². The monoisotopic (exact) mass is 261 g/mol. The van der Waals surface area contributed by atoms with E-state index >= 15 is 0 Å². The Labute approximate surface area is 115 Å². The molecule has 0 bridgehead atoms. The van der Waals surface area contributed by atoms with Gasteiger partial charge in [0, 0.05) is 16.7 Å². The minimum absolute atomic E-state index is 0.789. The number of nitrogens with one attached hydrogen (secondary N) is 1. The molecule has 1 saturated carbocycles. The van der Waals surface area contributed by atoms with Gasteiger partial charge in [-0.3, -0.25) is 0 Å². The van der Waals surface area contributed by atoms with Crippen molar-refractivity contribution in [2.24, 2.45) is 5.92 Å². The number of rotatable bonds is 6. The Morgan fingerprint density at radius 3 is 2.94 bits per heavy atom. The van der Waals surface area contributed by atoms with Crippen molar-refractivity contribution in [3.63, 3.8) is 0 Å². The van der Waals surface area contributed by atoms with Crippen LogP contribution in [0.3, 0.4) is 0 Å². The van der Waals surface area contributed by atoms with Gasteiger partial charge in [-0.1, -0.05) is 31.5 Å². The van der Waals surface area contributed by atoms with Crippen molar-refractivity contribution in [1.82, 2.24) is 5.32 Å². The highest BCUT2D eigenvalue weighted by Crippen LogP contribution is 2.42. The quantitative estimate of drug-likeness (QED) is 0.829. The third-order valence-corrected chi connectivity index (χ3v) is 5.52. The summed E-state index contributed by atoms with van der Waals surface area (Å²) in [6.45, 7) is 3.57. The lowest BCUT2D eigenvalue weighted by atomic mass is 9.89. The normalized spacial score (nSPS) is 23.9. The molecule has 1 heterocycles. The van der Waals surface area contributed by atoms with Gasteiger partial charge in [-0.25, -0.2) is 0 Å². The fraction of sp³-hybridized carbons (Fsp3) is 0.625. The Kier molecular flexibility index (Phi) is 3.95. The van der Waals surface area contributed by atoms with Crippen molar-refractivity contribution in [2.75, 3.05) is 12.3 Å². The zero-order chi connectivity index (χ0) is 12.4. The van der Waals surface area contributed by atoms with Crippen molar-refractivity contribution in [1.29, 1.82) is 0 Å². The Hall–Kier alpha value is -0.470. The average Bonchev–Trinajstić information content (AvgIpc) is 3.15. The fourth-order valence-corrected chi connectivity index (χ4v) is 4.11. The minimum atomic E-state index is 0.789. The largest absolute Gasteiger partial charge is 0.314 e. The number of benzene rings is 1. The first kappa shape index (κ1) is 12.6. The van der Waals surface area contributed by atoms with E-state index in [0.717, 1.165) is 17.9 Å². The van der Waals surface area contributed by atoms with E-state index in [4.69, 9.17) is 0 Å². The molecule has 2 aliphatic rings.